The van der Waals surface area contributed by atoms with Gasteiger partial charge in [0.15, 0.2) is 0 Å². The number of nitrogens with one attached hydrogen (secondary N) is 2. The molecule has 0 saturated carbocycles. The Morgan fingerprint density at radius 1 is 1.35 bits per heavy atom. The predicted octanol–water partition coefficient (Wildman–Crippen LogP) is 1.54. The maximum absolute atomic E-state index is 12.0. The summed E-state index contributed by atoms with van der Waals surface area (Å²) in [5, 5.41) is 12.2. The molecule has 0 aliphatic carbocycles. The maximum Gasteiger partial charge on any atom is 0.320 e. The van der Waals surface area contributed by atoms with Crippen molar-refractivity contribution in [3.8, 4) is 0 Å². The number of aliphatic carboxylic acids is 1. The monoisotopic (exact) mass is 281 g/mol. The Balaban J connectivity index is 2.98. The first kappa shape index (κ1) is 16.4. The highest BCUT2D eigenvalue weighted by atomic mass is 16.4. The molecule has 112 valence electrons. The van der Waals surface area contributed by atoms with E-state index in [4.69, 9.17) is 0 Å². The van der Waals surface area contributed by atoms with Crippen LogP contribution in [0.15, 0.2) is 4.79 Å². The van der Waals surface area contributed by atoms with E-state index in [1.807, 2.05) is 13.8 Å². The van der Waals surface area contributed by atoms with Gasteiger partial charge in [-0.2, -0.15) is 0 Å². The molecule has 0 aromatic carbocycles. The number of hydrogen-bond acceptors (Lipinski definition) is 4. The molecule has 1 rings (SSSR count). The second kappa shape index (κ2) is 6.65. The van der Waals surface area contributed by atoms with Gasteiger partial charge in [-0.3, -0.25) is 14.9 Å². The van der Waals surface area contributed by atoms with Crippen LogP contribution in [-0.4, -0.2) is 27.1 Å². The zero-order valence-electron chi connectivity index (χ0n) is 12.7. The Morgan fingerprint density at radius 2 is 1.95 bits per heavy atom. The summed E-state index contributed by atoms with van der Waals surface area (Å²) in [7, 11) is 0. The third kappa shape index (κ3) is 4.16. The summed E-state index contributed by atoms with van der Waals surface area (Å²) in [4.78, 5) is 30.1. The fourth-order valence-corrected chi connectivity index (χ4v) is 2.34. The molecule has 1 heterocycles. The molecule has 0 amide bonds. The van der Waals surface area contributed by atoms with Crippen LogP contribution in [0.2, 0.25) is 0 Å². The van der Waals surface area contributed by atoms with Crippen LogP contribution in [0.3, 0.4) is 0 Å². The molecule has 0 aliphatic heterocycles. The molecule has 0 aliphatic rings. The lowest BCUT2D eigenvalue weighted by atomic mass is 10.0. The molecular formula is C14H23N3O3. The molecule has 6 heteroatoms. The minimum absolute atomic E-state index is 0.219. The Labute approximate surface area is 118 Å². The molecule has 3 N–H and O–H groups in total. The first-order chi connectivity index (χ1) is 9.22. The number of aromatic amines is 1. The number of aromatic nitrogens is 2. The van der Waals surface area contributed by atoms with Gasteiger partial charge in [-0.1, -0.05) is 13.8 Å². The van der Waals surface area contributed by atoms with Crippen LogP contribution in [-0.2, 0) is 4.79 Å². The van der Waals surface area contributed by atoms with Crippen molar-refractivity contribution >= 4 is 5.97 Å². The van der Waals surface area contributed by atoms with Gasteiger partial charge in [0.2, 0.25) is 0 Å². The standard InChI is InChI=1S/C14H23N3O3/c1-7(2)6-11(14(19)20)16-9(4)12-8(3)15-10(5)17-13(12)18/h7,9,11,16H,6H2,1-5H3,(H,19,20)(H,15,17,18). The fourth-order valence-electron chi connectivity index (χ4n) is 2.34. The molecule has 6 nitrogen and oxygen atoms in total. The number of H-pyrrole nitrogens is 1. The van der Waals surface area contributed by atoms with Crippen LogP contribution in [0.25, 0.3) is 0 Å². The van der Waals surface area contributed by atoms with Crippen molar-refractivity contribution in [2.75, 3.05) is 0 Å². The molecule has 0 spiro atoms. The summed E-state index contributed by atoms with van der Waals surface area (Å²) < 4.78 is 0. The highest BCUT2D eigenvalue weighted by molar-refractivity contribution is 5.73. The van der Waals surface area contributed by atoms with Crippen molar-refractivity contribution in [2.24, 2.45) is 5.92 Å². The van der Waals surface area contributed by atoms with E-state index < -0.39 is 12.0 Å². The van der Waals surface area contributed by atoms with E-state index in [9.17, 15) is 14.7 Å². The minimum atomic E-state index is -0.903. The molecule has 0 bridgehead atoms. The van der Waals surface area contributed by atoms with E-state index in [0.717, 1.165) is 0 Å². The highest BCUT2D eigenvalue weighted by Gasteiger charge is 2.23. The van der Waals surface area contributed by atoms with Crippen LogP contribution in [0.4, 0.5) is 0 Å². The van der Waals surface area contributed by atoms with Crippen molar-refractivity contribution < 1.29 is 9.90 Å². The SMILES string of the molecule is Cc1nc(C)c(C(C)NC(CC(C)C)C(=O)O)c(=O)[nH]1. The molecule has 2 atom stereocenters. The van der Waals surface area contributed by atoms with E-state index in [-0.39, 0.29) is 17.5 Å². The summed E-state index contributed by atoms with van der Waals surface area (Å²) in [6.07, 6.45) is 0.510. The third-order valence-corrected chi connectivity index (χ3v) is 3.15. The molecular weight excluding hydrogens is 258 g/mol. The molecule has 0 fully saturated rings. The second-order valence-corrected chi connectivity index (χ2v) is 5.56. The number of carboxylic acids is 1. The first-order valence-electron chi connectivity index (χ1n) is 6.78. The Hall–Kier alpha value is -1.69. The van der Waals surface area contributed by atoms with E-state index in [0.29, 0.717) is 23.5 Å². The molecule has 2 unspecified atom stereocenters. The number of carboxylic acid groups (broad SMARTS) is 1. The summed E-state index contributed by atoms with van der Waals surface area (Å²) in [6.45, 7) is 9.19. The zero-order valence-corrected chi connectivity index (χ0v) is 12.7. The van der Waals surface area contributed by atoms with Gasteiger partial charge in [-0.15, -0.1) is 0 Å². The average molecular weight is 281 g/mol. The highest BCUT2D eigenvalue weighted by Crippen LogP contribution is 2.14. The molecule has 0 radical (unpaired) electrons. The smallest absolute Gasteiger partial charge is 0.320 e. The summed E-state index contributed by atoms with van der Waals surface area (Å²) in [5.74, 6) is -0.0913. The number of rotatable bonds is 6. The summed E-state index contributed by atoms with van der Waals surface area (Å²) in [5.41, 5.74) is 0.897. The Morgan fingerprint density at radius 3 is 2.40 bits per heavy atom. The van der Waals surface area contributed by atoms with Gasteiger partial charge in [-0.25, -0.2) is 4.98 Å². The van der Waals surface area contributed by atoms with Crippen molar-refractivity contribution in [1.29, 1.82) is 0 Å². The van der Waals surface area contributed by atoms with Crippen LogP contribution in [0, 0.1) is 19.8 Å². The fraction of sp³-hybridized carbons (Fsp3) is 0.643. The van der Waals surface area contributed by atoms with E-state index in [1.54, 1.807) is 20.8 Å². The average Bonchev–Trinajstić information content (AvgIpc) is 2.25. The lowest BCUT2D eigenvalue weighted by molar-refractivity contribution is -0.140. The van der Waals surface area contributed by atoms with Gasteiger partial charge in [0.1, 0.15) is 11.9 Å². The summed E-state index contributed by atoms with van der Waals surface area (Å²) in [6, 6.07) is -1.04. The van der Waals surface area contributed by atoms with E-state index in [1.165, 1.54) is 0 Å². The molecule has 0 saturated heterocycles. The van der Waals surface area contributed by atoms with Crippen LogP contribution < -0.4 is 10.9 Å². The van der Waals surface area contributed by atoms with Crippen LogP contribution in [0.5, 0.6) is 0 Å². The first-order valence-corrected chi connectivity index (χ1v) is 6.78. The van der Waals surface area contributed by atoms with Crippen LogP contribution >= 0.6 is 0 Å². The molecule has 1 aromatic heterocycles. The molecule has 1 aromatic rings. The van der Waals surface area contributed by atoms with E-state index in [2.05, 4.69) is 15.3 Å². The third-order valence-electron chi connectivity index (χ3n) is 3.15. The quantitative estimate of drug-likeness (QED) is 0.735. The number of nitrogens with zero attached hydrogens (tertiary/aromatic N) is 1. The number of aryl methyl sites for hydroxylation is 2. The zero-order chi connectivity index (χ0) is 15.4. The number of carbonyl (C=O) groups is 1. The van der Waals surface area contributed by atoms with Gasteiger partial charge < -0.3 is 10.1 Å². The summed E-state index contributed by atoms with van der Waals surface area (Å²) >= 11 is 0. The Bertz CT molecular complexity index is 537. The second-order valence-electron chi connectivity index (χ2n) is 5.56. The van der Waals surface area contributed by atoms with Gasteiger partial charge in [0.25, 0.3) is 5.56 Å². The minimum Gasteiger partial charge on any atom is -0.480 e. The number of hydrogen-bond donors (Lipinski definition) is 3. The predicted molar refractivity (Wildman–Crippen MR) is 76.8 cm³/mol. The topological polar surface area (TPSA) is 95.1 Å². The van der Waals surface area contributed by atoms with E-state index >= 15 is 0 Å². The van der Waals surface area contributed by atoms with Crippen molar-refractivity contribution in [2.45, 2.75) is 53.1 Å². The van der Waals surface area contributed by atoms with Gasteiger partial charge in [-0.05, 0) is 33.1 Å². The van der Waals surface area contributed by atoms with Gasteiger partial charge in [0, 0.05) is 11.7 Å². The lowest BCUT2D eigenvalue weighted by Crippen LogP contribution is -2.41. The van der Waals surface area contributed by atoms with Gasteiger partial charge >= 0.3 is 5.97 Å². The van der Waals surface area contributed by atoms with Crippen molar-refractivity contribution in [1.82, 2.24) is 15.3 Å². The van der Waals surface area contributed by atoms with Crippen molar-refractivity contribution in [3.05, 3.63) is 27.4 Å². The maximum atomic E-state index is 12.0. The van der Waals surface area contributed by atoms with Gasteiger partial charge in [0.05, 0.1) is 5.56 Å². The normalized spacial score (nSPS) is 14.3. The van der Waals surface area contributed by atoms with Crippen molar-refractivity contribution in [3.63, 3.8) is 0 Å². The largest absolute Gasteiger partial charge is 0.480 e. The van der Waals surface area contributed by atoms with Crippen LogP contribution in [0.1, 0.15) is 50.3 Å². The molecule has 20 heavy (non-hydrogen) atoms. The Kier molecular flexibility index (Phi) is 5.44. The lowest BCUT2D eigenvalue weighted by Gasteiger charge is -2.22.